The molecule has 5 aromatic rings. The van der Waals surface area contributed by atoms with Crippen LogP contribution in [-0.2, 0) is 16.4 Å². The molecular weight excluding hydrogens is 498 g/mol. The second-order valence-corrected chi connectivity index (χ2v) is 10.9. The summed E-state index contributed by atoms with van der Waals surface area (Å²) >= 11 is 6.37. The Labute approximate surface area is 212 Å². The number of benzene rings is 3. The van der Waals surface area contributed by atoms with Gasteiger partial charge in [-0.3, -0.25) is 9.40 Å². The number of aromatic nitrogens is 4. The average molecular weight is 520 g/mol. The van der Waals surface area contributed by atoms with Crippen LogP contribution < -0.4 is 15.4 Å². The van der Waals surface area contributed by atoms with Crippen molar-refractivity contribution in [3.63, 3.8) is 0 Å². The summed E-state index contributed by atoms with van der Waals surface area (Å²) in [4.78, 5) is 8.76. The van der Waals surface area contributed by atoms with Crippen LogP contribution in [0.5, 0.6) is 0 Å². The highest BCUT2D eigenvalue weighted by molar-refractivity contribution is 7.93. The van der Waals surface area contributed by atoms with Crippen molar-refractivity contribution >= 4 is 60.9 Å². The van der Waals surface area contributed by atoms with Crippen molar-refractivity contribution in [2.75, 3.05) is 21.9 Å². The van der Waals surface area contributed by atoms with Crippen LogP contribution in [-0.4, -0.2) is 41.2 Å². The molecule has 0 fully saturated rings. The number of halogens is 1. The molecule has 0 saturated carbocycles. The standard InChI is InChI=1S/C25H22ClN7O2S/c26-20-8-3-7-18-17(20)6-4-10-22(18)36(34,35)33-12-11-16(13-15-5-1-2-9-21(15)33)29-23-19-14-28-32-24(19)31-25(27)30-23/h1-10,14,16H,11-13H2,(H4,27,28,29,30,31,32). The summed E-state index contributed by atoms with van der Waals surface area (Å²) in [6, 6.07) is 18.0. The largest absolute Gasteiger partial charge is 0.368 e. The number of rotatable bonds is 4. The van der Waals surface area contributed by atoms with Crippen LogP contribution in [0.3, 0.4) is 0 Å². The van der Waals surface area contributed by atoms with E-state index in [0.717, 1.165) is 10.9 Å². The molecule has 0 amide bonds. The van der Waals surface area contributed by atoms with Gasteiger partial charge < -0.3 is 11.1 Å². The number of aromatic amines is 1. The molecule has 0 spiro atoms. The van der Waals surface area contributed by atoms with Gasteiger partial charge in [0, 0.05) is 28.4 Å². The molecule has 2 aromatic heterocycles. The van der Waals surface area contributed by atoms with Crippen molar-refractivity contribution in [2.45, 2.75) is 23.8 Å². The van der Waals surface area contributed by atoms with Crippen LogP contribution in [0.2, 0.25) is 5.02 Å². The van der Waals surface area contributed by atoms with Crippen molar-refractivity contribution in [3.05, 3.63) is 77.4 Å². The molecular formula is C25H22ClN7O2S. The van der Waals surface area contributed by atoms with E-state index in [1.807, 2.05) is 30.3 Å². The van der Waals surface area contributed by atoms with Crippen LogP contribution in [0.4, 0.5) is 17.5 Å². The molecule has 6 rings (SSSR count). The molecule has 4 N–H and O–H groups in total. The van der Waals surface area contributed by atoms with Gasteiger partial charge in [-0.1, -0.05) is 54.1 Å². The zero-order valence-corrected chi connectivity index (χ0v) is 20.6. The Hall–Kier alpha value is -3.89. The SMILES string of the molecule is Nc1nc(NC2CCN(S(=O)(=O)c3cccc4c(Cl)cccc34)c3ccccc3C2)c2cn[nH]c2n1. The van der Waals surface area contributed by atoms with Crippen molar-refractivity contribution in [2.24, 2.45) is 0 Å². The first kappa shape index (κ1) is 22.6. The van der Waals surface area contributed by atoms with E-state index in [0.29, 0.717) is 45.8 Å². The maximum absolute atomic E-state index is 14.1. The Kier molecular flexibility index (Phi) is 5.42. The highest BCUT2D eigenvalue weighted by Gasteiger charge is 2.32. The molecule has 1 aliphatic rings. The van der Waals surface area contributed by atoms with E-state index in [2.05, 4.69) is 25.5 Å². The van der Waals surface area contributed by atoms with Gasteiger partial charge >= 0.3 is 0 Å². The quantitative estimate of drug-likeness (QED) is 0.321. The molecule has 3 aromatic carbocycles. The number of hydrogen-bond acceptors (Lipinski definition) is 7. The second kappa shape index (κ2) is 8.65. The Balaban J connectivity index is 1.40. The molecule has 1 aliphatic heterocycles. The fourth-order valence-electron chi connectivity index (χ4n) is 4.80. The predicted molar refractivity (Wildman–Crippen MR) is 142 cm³/mol. The lowest BCUT2D eigenvalue weighted by atomic mass is 10.0. The number of nitrogens with one attached hydrogen (secondary N) is 2. The van der Waals surface area contributed by atoms with Gasteiger partial charge in [-0.15, -0.1) is 0 Å². The molecule has 0 radical (unpaired) electrons. The van der Waals surface area contributed by atoms with Crippen molar-refractivity contribution in [1.82, 2.24) is 20.2 Å². The van der Waals surface area contributed by atoms with Gasteiger partial charge in [-0.25, -0.2) is 8.42 Å². The molecule has 1 unspecified atom stereocenters. The third-order valence-electron chi connectivity index (χ3n) is 6.47. The van der Waals surface area contributed by atoms with Crippen LogP contribution in [0, 0.1) is 0 Å². The number of nitrogen functional groups attached to an aromatic ring is 1. The normalized spacial score (nSPS) is 16.1. The minimum absolute atomic E-state index is 0.0966. The average Bonchev–Trinajstić information content (AvgIpc) is 3.25. The molecule has 0 saturated heterocycles. The fourth-order valence-corrected chi connectivity index (χ4v) is 6.77. The number of hydrogen-bond donors (Lipinski definition) is 3. The van der Waals surface area contributed by atoms with Crippen molar-refractivity contribution in [3.8, 4) is 0 Å². The lowest BCUT2D eigenvalue weighted by Gasteiger charge is -2.25. The van der Waals surface area contributed by atoms with E-state index >= 15 is 0 Å². The molecule has 0 aliphatic carbocycles. The zero-order valence-electron chi connectivity index (χ0n) is 19.0. The Morgan fingerprint density at radius 2 is 1.81 bits per heavy atom. The first-order chi connectivity index (χ1) is 17.4. The van der Waals surface area contributed by atoms with E-state index < -0.39 is 10.0 Å². The predicted octanol–water partition coefficient (Wildman–Crippen LogP) is 4.36. The molecule has 11 heteroatoms. The molecule has 36 heavy (non-hydrogen) atoms. The molecule has 9 nitrogen and oxygen atoms in total. The fraction of sp³-hybridized carbons (Fsp3) is 0.160. The highest BCUT2D eigenvalue weighted by Crippen LogP contribution is 2.36. The summed E-state index contributed by atoms with van der Waals surface area (Å²) in [5.41, 5.74) is 8.01. The summed E-state index contributed by atoms with van der Waals surface area (Å²) < 4.78 is 29.7. The monoisotopic (exact) mass is 519 g/mol. The molecule has 3 heterocycles. The second-order valence-electron chi connectivity index (χ2n) is 8.69. The van der Waals surface area contributed by atoms with Gasteiger partial charge in [-0.05, 0) is 36.6 Å². The number of fused-ring (bicyclic) bond motifs is 3. The number of anilines is 3. The summed E-state index contributed by atoms with van der Waals surface area (Å²) in [7, 11) is -3.88. The third kappa shape index (κ3) is 3.78. The number of nitrogens with two attached hydrogens (primary N) is 1. The number of nitrogens with zero attached hydrogens (tertiary/aromatic N) is 4. The Bertz CT molecular complexity index is 1720. The van der Waals surface area contributed by atoms with Gasteiger partial charge in [0.25, 0.3) is 10.0 Å². The van der Waals surface area contributed by atoms with E-state index in [-0.39, 0.29) is 23.4 Å². The van der Waals surface area contributed by atoms with E-state index in [1.54, 1.807) is 36.5 Å². The maximum atomic E-state index is 14.1. The maximum Gasteiger partial charge on any atom is 0.264 e. The number of para-hydroxylation sites is 1. The lowest BCUT2D eigenvalue weighted by molar-refractivity contribution is 0.588. The summed E-state index contributed by atoms with van der Waals surface area (Å²) in [6.07, 6.45) is 2.79. The molecule has 182 valence electrons. The third-order valence-corrected chi connectivity index (χ3v) is 8.67. The van der Waals surface area contributed by atoms with Gasteiger partial charge in [0.1, 0.15) is 5.82 Å². The van der Waals surface area contributed by atoms with Gasteiger partial charge in [-0.2, -0.15) is 15.1 Å². The van der Waals surface area contributed by atoms with Crippen LogP contribution >= 0.6 is 11.6 Å². The van der Waals surface area contributed by atoms with Crippen LogP contribution in [0.25, 0.3) is 21.8 Å². The summed E-state index contributed by atoms with van der Waals surface area (Å²) in [5, 5.41) is 12.8. The first-order valence-electron chi connectivity index (χ1n) is 11.4. The van der Waals surface area contributed by atoms with Crippen LogP contribution in [0.1, 0.15) is 12.0 Å². The van der Waals surface area contributed by atoms with Crippen LogP contribution in [0.15, 0.2) is 71.8 Å². The molecule has 1 atom stereocenters. The number of H-pyrrole nitrogens is 1. The van der Waals surface area contributed by atoms with E-state index in [9.17, 15) is 8.42 Å². The minimum atomic E-state index is -3.88. The Morgan fingerprint density at radius 1 is 1.00 bits per heavy atom. The molecule has 0 bridgehead atoms. The van der Waals surface area contributed by atoms with E-state index in [1.165, 1.54) is 4.31 Å². The lowest BCUT2D eigenvalue weighted by Crippen LogP contribution is -2.33. The summed E-state index contributed by atoms with van der Waals surface area (Å²) in [6.45, 7) is 0.281. The van der Waals surface area contributed by atoms with Crippen molar-refractivity contribution < 1.29 is 8.42 Å². The Morgan fingerprint density at radius 3 is 2.69 bits per heavy atom. The summed E-state index contributed by atoms with van der Waals surface area (Å²) in [5.74, 6) is 0.691. The zero-order chi connectivity index (χ0) is 24.9. The highest BCUT2D eigenvalue weighted by atomic mass is 35.5. The minimum Gasteiger partial charge on any atom is -0.368 e. The van der Waals surface area contributed by atoms with Gasteiger partial charge in [0.2, 0.25) is 5.95 Å². The topological polar surface area (TPSA) is 130 Å². The first-order valence-corrected chi connectivity index (χ1v) is 13.2. The van der Waals surface area contributed by atoms with Gasteiger partial charge in [0.15, 0.2) is 5.65 Å². The smallest absolute Gasteiger partial charge is 0.264 e. The number of sulfonamides is 1. The van der Waals surface area contributed by atoms with Gasteiger partial charge in [0.05, 0.1) is 22.2 Å². The van der Waals surface area contributed by atoms with E-state index in [4.69, 9.17) is 17.3 Å². The van der Waals surface area contributed by atoms with Crippen molar-refractivity contribution in [1.29, 1.82) is 0 Å².